The lowest BCUT2D eigenvalue weighted by Gasteiger charge is -2.24. The minimum absolute atomic E-state index is 0. The topological polar surface area (TPSA) is 12.0 Å². The number of halogens is 2. The van der Waals surface area contributed by atoms with Crippen LogP contribution in [0.3, 0.4) is 0 Å². The van der Waals surface area contributed by atoms with Crippen molar-refractivity contribution in [3.8, 4) is 0 Å². The molecule has 0 amide bonds. The Labute approximate surface area is 96.5 Å². The number of benzene rings is 1. The second kappa shape index (κ2) is 4.95. The summed E-state index contributed by atoms with van der Waals surface area (Å²) >= 11 is 0. The van der Waals surface area contributed by atoms with E-state index in [1.54, 1.807) is 6.07 Å². The average molecular weight is 230 g/mol. The molecule has 1 nitrogen and oxygen atoms in total. The Morgan fingerprint density at radius 3 is 2.73 bits per heavy atom. The van der Waals surface area contributed by atoms with E-state index in [0.717, 1.165) is 24.9 Å². The van der Waals surface area contributed by atoms with Gasteiger partial charge in [-0.05, 0) is 44.4 Å². The van der Waals surface area contributed by atoms with Crippen molar-refractivity contribution in [3.05, 3.63) is 35.6 Å². The van der Waals surface area contributed by atoms with Crippen LogP contribution in [0.4, 0.5) is 4.39 Å². The monoisotopic (exact) mass is 229 g/mol. The lowest BCUT2D eigenvalue weighted by molar-refractivity contribution is 0.405. The van der Waals surface area contributed by atoms with Crippen LogP contribution >= 0.6 is 12.4 Å². The van der Waals surface area contributed by atoms with Crippen molar-refractivity contribution in [2.24, 2.45) is 0 Å². The van der Waals surface area contributed by atoms with Crippen molar-refractivity contribution in [1.29, 1.82) is 0 Å². The molecule has 0 spiro atoms. The van der Waals surface area contributed by atoms with E-state index >= 15 is 0 Å². The van der Waals surface area contributed by atoms with E-state index in [0.29, 0.717) is 0 Å². The molecule has 0 radical (unpaired) electrons. The van der Waals surface area contributed by atoms with Gasteiger partial charge in [0.1, 0.15) is 5.82 Å². The molecular formula is C12H17ClFN. The summed E-state index contributed by atoms with van der Waals surface area (Å²) in [5, 5.41) is 3.44. The summed E-state index contributed by atoms with van der Waals surface area (Å²) in [5.74, 6) is -0.0811. The quantitative estimate of drug-likeness (QED) is 0.822. The van der Waals surface area contributed by atoms with Crippen LogP contribution in [0.1, 0.15) is 25.3 Å². The Balaban J connectivity index is 0.00000112. The Morgan fingerprint density at radius 1 is 1.40 bits per heavy atom. The van der Waals surface area contributed by atoms with Crippen molar-refractivity contribution in [3.63, 3.8) is 0 Å². The maximum absolute atomic E-state index is 13.4. The van der Waals surface area contributed by atoms with Crippen LogP contribution in [0, 0.1) is 5.82 Å². The summed E-state index contributed by atoms with van der Waals surface area (Å²) in [6, 6.07) is 7.05. The molecule has 1 fully saturated rings. The number of rotatable bonds is 2. The minimum atomic E-state index is -0.0811. The molecule has 1 heterocycles. The SMILES string of the molecule is CC1(Cc2ccccc2F)CCCN1.Cl. The van der Waals surface area contributed by atoms with Gasteiger partial charge in [-0.3, -0.25) is 0 Å². The van der Waals surface area contributed by atoms with Crippen LogP contribution < -0.4 is 5.32 Å². The van der Waals surface area contributed by atoms with Crippen molar-refractivity contribution < 1.29 is 4.39 Å². The lowest BCUT2D eigenvalue weighted by atomic mass is 9.91. The Hall–Kier alpha value is -0.600. The highest BCUT2D eigenvalue weighted by Crippen LogP contribution is 2.24. The van der Waals surface area contributed by atoms with Gasteiger partial charge in [0.25, 0.3) is 0 Å². The maximum atomic E-state index is 13.4. The third-order valence-corrected chi connectivity index (χ3v) is 3.00. The molecule has 1 aromatic carbocycles. The number of nitrogens with one attached hydrogen (secondary N) is 1. The predicted molar refractivity (Wildman–Crippen MR) is 63.0 cm³/mol. The first kappa shape index (κ1) is 12.5. The van der Waals surface area contributed by atoms with Crippen LogP contribution in [0.25, 0.3) is 0 Å². The summed E-state index contributed by atoms with van der Waals surface area (Å²) in [6.07, 6.45) is 3.13. The smallest absolute Gasteiger partial charge is 0.126 e. The van der Waals surface area contributed by atoms with E-state index < -0.39 is 0 Å². The van der Waals surface area contributed by atoms with Crippen LogP contribution in [0.2, 0.25) is 0 Å². The van der Waals surface area contributed by atoms with Crippen molar-refractivity contribution in [2.45, 2.75) is 31.7 Å². The van der Waals surface area contributed by atoms with Crippen LogP contribution in [0.5, 0.6) is 0 Å². The van der Waals surface area contributed by atoms with E-state index in [2.05, 4.69) is 12.2 Å². The first-order valence-corrected chi connectivity index (χ1v) is 5.18. The van der Waals surface area contributed by atoms with Crippen molar-refractivity contribution in [1.82, 2.24) is 5.32 Å². The first-order valence-electron chi connectivity index (χ1n) is 5.18. The molecule has 1 N–H and O–H groups in total. The fourth-order valence-electron chi connectivity index (χ4n) is 2.17. The highest BCUT2D eigenvalue weighted by atomic mass is 35.5. The molecule has 15 heavy (non-hydrogen) atoms. The molecule has 84 valence electrons. The third kappa shape index (κ3) is 2.93. The zero-order valence-corrected chi connectivity index (χ0v) is 9.74. The van der Waals surface area contributed by atoms with Gasteiger partial charge >= 0.3 is 0 Å². The average Bonchev–Trinajstić information content (AvgIpc) is 2.57. The van der Waals surface area contributed by atoms with Crippen molar-refractivity contribution >= 4 is 12.4 Å². The summed E-state index contributed by atoms with van der Waals surface area (Å²) in [5.41, 5.74) is 0.923. The second-order valence-corrected chi connectivity index (χ2v) is 4.36. The summed E-state index contributed by atoms with van der Waals surface area (Å²) < 4.78 is 13.4. The molecule has 1 aliphatic heterocycles. The van der Waals surface area contributed by atoms with Crippen molar-refractivity contribution in [2.75, 3.05) is 6.54 Å². The van der Waals surface area contributed by atoms with Gasteiger partial charge in [0, 0.05) is 5.54 Å². The minimum Gasteiger partial charge on any atom is -0.311 e. The molecule has 0 aliphatic carbocycles. The fraction of sp³-hybridized carbons (Fsp3) is 0.500. The molecule has 1 saturated heterocycles. The first-order chi connectivity index (χ1) is 6.70. The van der Waals surface area contributed by atoms with E-state index in [1.807, 2.05) is 12.1 Å². The van der Waals surface area contributed by atoms with Crippen LogP contribution in [-0.2, 0) is 6.42 Å². The molecule has 1 aromatic rings. The summed E-state index contributed by atoms with van der Waals surface area (Å²) in [4.78, 5) is 0. The standard InChI is InChI=1S/C12H16FN.ClH/c1-12(7-4-8-14-12)9-10-5-2-3-6-11(10)13;/h2-3,5-6,14H,4,7-9H2,1H3;1H. The molecule has 1 atom stereocenters. The van der Waals surface area contributed by atoms with Gasteiger partial charge in [-0.25, -0.2) is 4.39 Å². The Morgan fingerprint density at radius 2 is 2.13 bits per heavy atom. The normalized spacial score (nSPS) is 24.9. The highest BCUT2D eigenvalue weighted by molar-refractivity contribution is 5.85. The largest absolute Gasteiger partial charge is 0.311 e. The highest BCUT2D eigenvalue weighted by Gasteiger charge is 2.28. The zero-order chi connectivity index (χ0) is 10.0. The van der Waals surface area contributed by atoms with Gasteiger partial charge in [-0.1, -0.05) is 18.2 Å². The Bertz CT molecular complexity index is 321. The van der Waals surface area contributed by atoms with Crippen LogP contribution in [-0.4, -0.2) is 12.1 Å². The van der Waals surface area contributed by atoms with Gasteiger partial charge in [0.2, 0.25) is 0 Å². The molecule has 0 aromatic heterocycles. The molecular weight excluding hydrogens is 213 g/mol. The number of hydrogen-bond acceptors (Lipinski definition) is 1. The maximum Gasteiger partial charge on any atom is 0.126 e. The van der Waals surface area contributed by atoms with E-state index in [-0.39, 0.29) is 23.8 Å². The molecule has 2 rings (SSSR count). The summed E-state index contributed by atoms with van der Waals surface area (Å²) in [6.45, 7) is 3.23. The molecule has 1 aliphatic rings. The van der Waals surface area contributed by atoms with Gasteiger partial charge in [0.05, 0.1) is 0 Å². The number of hydrogen-bond donors (Lipinski definition) is 1. The zero-order valence-electron chi connectivity index (χ0n) is 8.92. The molecule has 1 unspecified atom stereocenters. The van der Waals surface area contributed by atoms with Gasteiger partial charge < -0.3 is 5.32 Å². The molecule has 0 saturated carbocycles. The molecule has 3 heteroatoms. The predicted octanol–water partition coefficient (Wildman–Crippen LogP) is 2.93. The Kier molecular flexibility index (Phi) is 4.12. The molecule has 0 bridgehead atoms. The van der Waals surface area contributed by atoms with Gasteiger partial charge in [-0.2, -0.15) is 0 Å². The lowest BCUT2D eigenvalue weighted by Crippen LogP contribution is -2.38. The van der Waals surface area contributed by atoms with Gasteiger partial charge in [-0.15, -0.1) is 12.4 Å². The van der Waals surface area contributed by atoms with E-state index in [1.165, 1.54) is 12.5 Å². The van der Waals surface area contributed by atoms with Gasteiger partial charge in [0.15, 0.2) is 0 Å². The summed E-state index contributed by atoms with van der Waals surface area (Å²) in [7, 11) is 0. The third-order valence-electron chi connectivity index (χ3n) is 3.00. The van der Waals surface area contributed by atoms with E-state index in [4.69, 9.17) is 0 Å². The second-order valence-electron chi connectivity index (χ2n) is 4.36. The van der Waals surface area contributed by atoms with E-state index in [9.17, 15) is 4.39 Å². The fourth-order valence-corrected chi connectivity index (χ4v) is 2.17. The van der Waals surface area contributed by atoms with Crippen LogP contribution in [0.15, 0.2) is 24.3 Å².